The van der Waals surface area contributed by atoms with Gasteiger partial charge in [-0.05, 0) is 24.3 Å². The topological polar surface area (TPSA) is 30.2 Å². The highest BCUT2D eigenvalue weighted by Gasteiger charge is 2.12. The number of rotatable bonds is 1. The maximum Gasteiger partial charge on any atom is 0.156 e. The minimum Gasteiger partial charge on any atom is -0.289 e. The highest BCUT2D eigenvalue weighted by atomic mass is 19.1. The number of hydrogen-bond donors (Lipinski definition) is 0. The van der Waals surface area contributed by atoms with Crippen molar-refractivity contribution in [2.75, 3.05) is 0 Å². The van der Waals surface area contributed by atoms with E-state index in [9.17, 15) is 4.39 Å². The van der Waals surface area contributed by atoms with Crippen molar-refractivity contribution in [2.45, 2.75) is 0 Å². The molecule has 0 bridgehead atoms. The Bertz CT molecular complexity index is 927. The van der Waals surface area contributed by atoms with Crippen LogP contribution in [-0.2, 0) is 0 Å². The Morgan fingerprint density at radius 1 is 0.850 bits per heavy atom. The first-order valence-electron chi connectivity index (χ1n) is 6.31. The normalized spacial score (nSPS) is 11.2. The standard InChI is InChI=1S/C16H10FN3/c17-12-6-2-1-5-11(12)15-9-19-16-10-18-13-7-3-4-8-14(13)20(15)16/h1-10H. The molecule has 0 spiro atoms. The summed E-state index contributed by atoms with van der Waals surface area (Å²) >= 11 is 0. The van der Waals surface area contributed by atoms with Crippen LogP contribution < -0.4 is 0 Å². The van der Waals surface area contributed by atoms with Gasteiger partial charge < -0.3 is 0 Å². The van der Waals surface area contributed by atoms with Crippen molar-refractivity contribution in [1.82, 2.24) is 14.4 Å². The predicted molar refractivity (Wildman–Crippen MR) is 75.9 cm³/mol. The molecule has 4 heteroatoms. The van der Waals surface area contributed by atoms with Gasteiger partial charge >= 0.3 is 0 Å². The summed E-state index contributed by atoms with van der Waals surface area (Å²) in [5.74, 6) is -0.254. The van der Waals surface area contributed by atoms with Gasteiger partial charge in [-0.1, -0.05) is 24.3 Å². The maximum absolute atomic E-state index is 14.0. The highest BCUT2D eigenvalue weighted by Crippen LogP contribution is 2.26. The molecule has 2 heterocycles. The maximum atomic E-state index is 14.0. The highest BCUT2D eigenvalue weighted by molar-refractivity contribution is 5.81. The third-order valence-electron chi connectivity index (χ3n) is 3.38. The molecule has 4 rings (SSSR count). The Morgan fingerprint density at radius 2 is 1.65 bits per heavy atom. The van der Waals surface area contributed by atoms with Gasteiger partial charge in [0.1, 0.15) is 5.82 Å². The fourth-order valence-corrected chi connectivity index (χ4v) is 2.46. The smallest absolute Gasteiger partial charge is 0.156 e. The second kappa shape index (κ2) is 4.13. The van der Waals surface area contributed by atoms with Crippen LogP contribution in [0.3, 0.4) is 0 Å². The summed E-state index contributed by atoms with van der Waals surface area (Å²) in [6, 6.07) is 14.5. The molecule has 96 valence electrons. The van der Waals surface area contributed by atoms with Gasteiger partial charge in [-0.25, -0.2) is 9.37 Å². The predicted octanol–water partition coefficient (Wildman–Crippen LogP) is 3.69. The average Bonchev–Trinajstić information content (AvgIpc) is 2.92. The van der Waals surface area contributed by atoms with Crippen LogP contribution in [0.5, 0.6) is 0 Å². The lowest BCUT2D eigenvalue weighted by atomic mass is 10.1. The van der Waals surface area contributed by atoms with Crippen LogP contribution >= 0.6 is 0 Å². The second-order valence-corrected chi connectivity index (χ2v) is 4.56. The van der Waals surface area contributed by atoms with Crippen LogP contribution in [0, 0.1) is 5.82 Å². The van der Waals surface area contributed by atoms with Crippen LogP contribution in [0.1, 0.15) is 0 Å². The molecule has 0 saturated carbocycles. The molecule has 2 aromatic carbocycles. The second-order valence-electron chi connectivity index (χ2n) is 4.56. The van der Waals surface area contributed by atoms with E-state index < -0.39 is 0 Å². The van der Waals surface area contributed by atoms with Gasteiger partial charge in [0.25, 0.3) is 0 Å². The fraction of sp³-hybridized carbons (Fsp3) is 0. The Kier molecular flexibility index (Phi) is 2.29. The number of hydrogen-bond acceptors (Lipinski definition) is 2. The zero-order valence-electron chi connectivity index (χ0n) is 10.5. The molecular weight excluding hydrogens is 253 g/mol. The lowest BCUT2D eigenvalue weighted by molar-refractivity contribution is 0.630. The summed E-state index contributed by atoms with van der Waals surface area (Å²) in [4.78, 5) is 8.68. The van der Waals surface area contributed by atoms with Crippen molar-refractivity contribution in [3.63, 3.8) is 0 Å². The molecule has 2 aromatic heterocycles. The van der Waals surface area contributed by atoms with E-state index in [0.29, 0.717) is 11.2 Å². The van der Waals surface area contributed by atoms with Gasteiger partial charge in [-0.3, -0.25) is 9.38 Å². The van der Waals surface area contributed by atoms with Crippen molar-refractivity contribution in [1.29, 1.82) is 0 Å². The lowest BCUT2D eigenvalue weighted by Crippen LogP contribution is -1.94. The van der Waals surface area contributed by atoms with Gasteiger partial charge in [0.2, 0.25) is 0 Å². The van der Waals surface area contributed by atoms with E-state index in [1.165, 1.54) is 6.07 Å². The van der Waals surface area contributed by atoms with Gasteiger partial charge in [0.05, 0.1) is 29.1 Å². The van der Waals surface area contributed by atoms with E-state index in [0.717, 1.165) is 16.7 Å². The molecule has 0 N–H and O–H groups in total. The summed E-state index contributed by atoms with van der Waals surface area (Å²) in [7, 11) is 0. The Balaban J connectivity index is 2.16. The molecule has 0 radical (unpaired) electrons. The van der Waals surface area contributed by atoms with E-state index in [1.807, 2.05) is 34.7 Å². The fourth-order valence-electron chi connectivity index (χ4n) is 2.46. The SMILES string of the molecule is Fc1ccccc1-c1cnc2cnc3ccccc3n12. The zero-order valence-corrected chi connectivity index (χ0v) is 10.5. The van der Waals surface area contributed by atoms with Crippen molar-refractivity contribution in [3.8, 4) is 11.3 Å². The number of halogens is 1. The third kappa shape index (κ3) is 1.51. The number of fused-ring (bicyclic) bond motifs is 3. The molecule has 0 aliphatic rings. The minimum absolute atomic E-state index is 0.254. The minimum atomic E-state index is -0.254. The number of benzene rings is 2. The van der Waals surface area contributed by atoms with Crippen LogP contribution in [0.2, 0.25) is 0 Å². The van der Waals surface area contributed by atoms with Gasteiger partial charge in [-0.15, -0.1) is 0 Å². The van der Waals surface area contributed by atoms with Crippen LogP contribution in [0.4, 0.5) is 4.39 Å². The largest absolute Gasteiger partial charge is 0.289 e. The van der Waals surface area contributed by atoms with Crippen LogP contribution in [0.25, 0.3) is 27.9 Å². The molecule has 0 saturated heterocycles. The zero-order chi connectivity index (χ0) is 13.5. The van der Waals surface area contributed by atoms with E-state index in [1.54, 1.807) is 24.5 Å². The van der Waals surface area contributed by atoms with Crippen molar-refractivity contribution in [3.05, 3.63) is 66.7 Å². The number of para-hydroxylation sites is 2. The van der Waals surface area contributed by atoms with E-state index >= 15 is 0 Å². The molecule has 4 aromatic rings. The summed E-state index contributed by atoms with van der Waals surface area (Å²) < 4.78 is 16.0. The van der Waals surface area contributed by atoms with Gasteiger partial charge in [0.15, 0.2) is 5.65 Å². The number of nitrogens with zero attached hydrogens (tertiary/aromatic N) is 3. The third-order valence-corrected chi connectivity index (χ3v) is 3.38. The summed E-state index contributed by atoms with van der Waals surface area (Å²) in [5.41, 5.74) is 3.76. The lowest BCUT2D eigenvalue weighted by Gasteiger charge is -2.06. The van der Waals surface area contributed by atoms with E-state index in [2.05, 4.69) is 9.97 Å². The Morgan fingerprint density at radius 3 is 2.55 bits per heavy atom. The average molecular weight is 263 g/mol. The molecule has 0 atom stereocenters. The van der Waals surface area contributed by atoms with E-state index in [-0.39, 0.29) is 5.82 Å². The number of imidazole rings is 1. The molecule has 0 amide bonds. The molecule has 20 heavy (non-hydrogen) atoms. The molecule has 0 unspecified atom stereocenters. The Hall–Kier alpha value is -2.75. The first kappa shape index (κ1) is 11.1. The summed E-state index contributed by atoms with van der Waals surface area (Å²) in [6.07, 6.45) is 3.38. The number of aromatic nitrogens is 3. The van der Waals surface area contributed by atoms with Gasteiger partial charge in [-0.2, -0.15) is 0 Å². The molecule has 3 nitrogen and oxygen atoms in total. The quantitative estimate of drug-likeness (QED) is 0.524. The van der Waals surface area contributed by atoms with Crippen molar-refractivity contribution in [2.24, 2.45) is 0 Å². The van der Waals surface area contributed by atoms with E-state index in [4.69, 9.17) is 0 Å². The molecule has 0 aliphatic carbocycles. The van der Waals surface area contributed by atoms with Crippen molar-refractivity contribution >= 4 is 16.7 Å². The van der Waals surface area contributed by atoms with Crippen LogP contribution in [-0.4, -0.2) is 14.4 Å². The molecular formula is C16H10FN3. The molecule has 0 aliphatic heterocycles. The Labute approximate surface area is 114 Å². The van der Waals surface area contributed by atoms with Gasteiger partial charge in [0, 0.05) is 5.56 Å². The first-order chi connectivity index (χ1) is 9.84. The monoisotopic (exact) mass is 263 g/mol. The summed E-state index contributed by atoms with van der Waals surface area (Å²) in [6.45, 7) is 0. The van der Waals surface area contributed by atoms with Crippen LogP contribution in [0.15, 0.2) is 60.9 Å². The summed E-state index contributed by atoms with van der Waals surface area (Å²) in [5, 5.41) is 0. The first-order valence-corrected chi connectivity index (χ1v) is 6.31. The molecule has 0 fully saturated rings. The van der Waals surface area contributed by atoms with Crippen molar-refractivity contribution < 1.29 is 4.39 Å².